The van der Waals surface area contributed by atoms with Crippen LogP contribution in [-0.4, -0.2) is 27.3 Å². The van der Waals surface area contributed by atoms with Gasteiger partial charge in [0.15, 0.2) is 11.5 Å². The number of amides is 1. The SMILES string of the molecule is CCOc1cc([C@H]2C(C(=O)NCc3ccccc3)=C(C)Nc3ncnn32)ccc1OCc1ccccc1. The topological polar surface area (TPSA) is 90.3 Å². The number of ether oxygens (including phenoxy) is 2. The van der Waals surface area contributed by atoms with E-state index in [-0.39, 0.29) is 5.91 Å². The Morgan fingerprint density at radius 1 is 0.973 bits per heavy atom. The Bertz CT molecular complexity index is 1400. The van der Waals surface area contributed by atoms with Crippen LogP contribution >= 0.6 is 0 Å². The standard InChI is InChI=1S/C29H29N5O3/c1-3-36-25-16-23(14-15-24(25)37-18-22-12-8-5-9-13-22)27-26(20(2)33-29-31-19-32-34(27)29)28(35)30-17-21-10-6-4-7-11-21/h4-16,19,27H,3,17-18H2,1-2H3,(H,30,35)(H,31,32,33)/t27-/m0/s1. The molecule has 0 saturated carbocycles. The van der Waals surface area contributed by atoms with Gasteiger partial charge in [-0.2, -0.15) is 10.1 Å². The number of allylic oxidation sites excluding steroid dienone is 1. The van der Waals surface area contributed by atoms with Crippen molar-refractivity contribution >= 4 is 11.9 Å². The van der Waals surface area contributed by atoms with Gasteiger partial charge in [-0.25, -0.2) is 4.68 Å². The number of carbonyl (C=O) groups is 1. The van der Waals surface area contributed by atoms with Crippen molar-refractivity contribution in [2.75, 3.05) is 11.9 Å². The van der Waals surface area contributed by atoms with E-state index in [1.165, 1.54) is 6.33 Å². The second kappa shape index (κ2) is 11.0. The van der Waals surface area contributed by atoms with E-state index >= 15 is 0 Å². The summed E-state index contributed by atoms with van der Waals surface area (Å²) >= 11 is 0. The van der Waals surface area contributed by atoms with Crippen LogP contribution in [0, 0.1) is 0 Å². The molecule has 0 saturated heterocycles. The second-order valence-corrected chi connectivity index (χ2v) is 8.68. The van der Waals surface area contributed by atoms with E-state index < -0.39 is 6.04 Å². The average Bonchev–Trinajstić information content (AvgIpc) is 3.39. The number of carbonyl (C=O) groups excluding carboxylic acids is 1. The highest BCUT2D eigenvalue weighted by Gasteiger charge is 2.33. The molecular weight excluding hydrogens is 466 g/mol. The van der Waals surface area contributed by atoms with E-state index in [0.29, 0.717) is 42.8 Å². The van der Waals surface area contributed by atoms with Crippen molar-refractivity contribution in [1.29, 1.82) is 0 Å². The van der Waals surface area contributed by atoms with Gasteiger partial charge in [0.05, 0.1) is 12.2 Å². The normalized spacial score (nSPS) is 14.5. The number of aromatic nitrogens is 3. The second-order valence-electron chi connectivity index (χ2n) is 8.68. The van der Waals surface area contributed by atoms with Crippen molar-refractivity contribution in [2.24, 2.45) is 0 Å². The van der Waals surface area contributed by atoms with Crippen molar-refractivity contribution in [3.05, 3.63) is 113 Å². The minimum Gasteiger partial charge on any atom is -0.490 e. The Hall–Kier alpha value is -4.59. The van der Waals surface area contributed by atoms with E-state index in [4.69, 9.17) is 9.47 Å². The molecule has 1 amide bonds. The fraction of sp³-hybridized carbons (Fsp3) is 0.207. The summed E-state index contributed by atoms with van der Waals surface area (Å²) in [7, 11) is 0. The Labute approximate surface area is 216 Å². The Kier molecular flexibility index (Phi) is 7.16. The highest BCUT2D eigenvalue weighted by atomic mass is 16.5. The van der Waals surface area contributed by atoms with Gasteiger partial charge in [-0.05, 0) is 42.7 Å². The van der Waals surface area contributed by atoms with Crippen molar-refractivity contribution in [3.8, 4) is 11.5 Å². The van der Waals surface area contributed by atoms with Gasteiger partial charge in [-0.3, -0.25) is 4.79 Å². The molecule has 37 heavy (non-hydrogen) atoms. The molecule has 0 radical (unpaired) electrons. The highest BCUT2D eigenvalue weighted by Crippen LogP contribution is 2.38. The maximum absolute atomic E-state index is 13.5. The monoisotopic (exact) mass is 495 g/mol. The van der Waals surface area contributed by atoms with Gasteiger partial charge in [0.2, 0.25) is 5.95 Å². The van der Waals surface area contributed by atoms with Gasteiger partial charge < -0.3 is 20.1 Å². The molecule has 0 bridgehead atoms. The molecule has 8 heteroatoms. The maximum Gasteiger partial charge on any atom is 0.251 e. The van der Waals surface area contributed by atoms with Gasteiger partial charge in [0.25, 0.3) is 5.91 Å². The number of benzene rings is 3. The molecule has 1 atom stereocenters. The summed E-state index contributed by atoms with van der Waals surface area (Å²) in [5.74, 6) is 1.64. The number of hydrogen-bond donors (Lipinski definition) is 2. The lowest BCUT2D eigenvalue weighted by Gasteiger charge is -2.29. The number of fused-ring (bicyclic) bond motifs is 1. The molecule has 0 unspecified atom stereocenters. The Balaban J connectivity index is 1.45. The highest BCUT2D eigenvalue weighted by molar-refractivity contribution is 5.96. The van der Waals surface area contributed by atoms with Crippen molar-refractivity contribution < 1.29 is 14.3 Å². The van der Waals surface area contributed by atoms with Crippen LogP contribution in [0.15, 0.2) is 96.5 Å². The molecule has 8 nitrogen and oxygen atoms in total. The van der Waals surface area contributed by atoms with Crippen LogP contribution in [0.5, 0.6) is 11.5 Å². The molecule has 3 aromatic carbocycles. The lowest BCUT2D eigenvalue weighted by Crippen LogP contribution is -2.34. The minimum atomic E-state index is -0.489. The van der Waals surface area contributed by atoms with Crippen molar-refractivity contribution in [3.63, 3.8) is 0 Å². The third kappa shape index (κ3) is 5.33. The first kappa shape index (κ1) is 24.1. The summed E-state index contributed by atoms with van der Waals surface area (Å²) in [5.41, 5.74) is 4.21. The number of nitrogens with one attached hydrogen (secondary N) is 2. The third-order valence-corrected chi connectivity index (χ3v) is 6.16. The fourth-order valence-corrected chi connectivity index (χ4v) is 4.38. The lowest BCUT2D eigenvalue weighted by molar-refractivity contribution is -0.118. The molecule has 5 rings (SSSR count). The summed E-state index contributed by atoms with van der Waals surface area (Å²) < 4.78 is 13.8. The number of anilines is 1. The number of rotatable bonds is 9. The first-order valence-corrected chi connectivity index (χ1v) is 12.3. The van der Waals surface area contributed by atoms with E-state index in [1.54, 1.807) is 4.68 Å². The van der Waals surface area contributed by atoms with Gasteiger partial charge in [-0.15, -0.1) is 0 Å². The van der Waals surface area contributed by atoms with E-state index in [2.05, 4.69) is 20.7 Å². The van der Waals surface area contributed by atoms with Crippen molar-refractivity contribution in [1.82, 2.24) is 20.1 Å². The molecule has 1 aliphatic heterocycles. The first-order valence-electron chi connectivity index (χ1n) is 12.3. The van der Waals surface area contributed by atoms with E-state index in [0.717, 1.165) is 22.4 Å². The maximum atomic E-state index is 13.5. The van der Waals surface area contributed by atoms with Crippen LogP contribution in [0.3, 0.4) is 0 Å². The molecule has 2 heterocycles. The van der Waals surface area contributed by atoms with Gasteiger partial charge >= 0.3 is 0 Å². The third-order valence-electron chi connectivity index (χ3n) is 6.16. The zero-order valence-electron chi connectivity index (χ0n) is 20.8. The zero-order valence-corrected chi connectivity index (χ0v) is 20.8. The molecule has 1 aromatic heterocycles. The molecule has 2 N–H and O–H groups in total. The van der Waals surface area contributed by atoms with Crippen LogP contribution in [0.2, 0.25) is 0 Å². The smallest absolute Gasteiger partial charge is 0.251 e. The lowest BCUT2D eigenvalue weighted by atomic mass is 9.94. The largest absolute Gasteiger partial charge is 0.490 e. The summed E-state index contributed by atoms with van der Waals surface area (Å²) in [6.07, 6.45) is 1.48. The van der Waals surface area contributed by atoms with Gasteiger partial charge in [0.1, 0.15) is 19.0 Å². The quantitative estimate of drug-likeness (QED) is 0.345. The first-order chi connectivity index (χ1) is 18.1. The van der Waals surface area contributed by atoms with Crippen LogP contribution in [0.25, 0.3) is 0 Å². The molecule has 188 valence electrons. The van der Waals surface area contributed by atoms with E-state index in [9.17, 15) is 4.79 Å². The fourth-order valence-electron chi connectivity index (χ4n) is 4.38. The average molecular weight is 496 g/mol. The molecule has 0 spiro atoms. The Morgan fingerprint density at radius 2 is 1.70 bits per heavy atom. The van der Waals surface area contributed by atoms with Crippen LogP contribution in [-0.2, 0) is 17.9 Å². The molecular formula is C29H29N5O3. The summed E-state index contributed by atoms with van der Waals surface area (Å²) in [6, 6.07) is 25.1. The van der Waals surface area contributed by atoms with Crippen LogP contribution in [0.4, 0.5) is 5.95 Å². The summed E-state index contributed by atoms with van der Waals surface area (Å²) in [4.78, 5) is 17.8. The molecule has 4 aromatic rings. The minimum absolute atomic E-state index is 0.178. The number of hydrogen-bond acceptors (Lipinski definition) is 6. The predicted molar refractivity (Wildman–Crippen MR) is 141 cm³/mol. The molecule has 1 aliphatic rings. The summed E-state index contributed by atoms with van der Waals surface area (Å²) in [6.45, 7) is 5.13. The number of nitrogens with zero attached hydrogens (tertiary/aromatic N) is 3. The molecule has 0 fully saturated rings. The Morgan fingerprint density at radius 3 is 2.43 bits per heavy atom. The van der Waals surface area contributed by atoms with Crippen LogP contribution in [0.1, 0.15) is 36.6 Å². The van der Waals surface area contributed by atoms with Crippen LogP contribution < -0.4 is 20.1 Å². The van der Waals surface area contributed by atoms with Crippen molar-refractivity contribution in [2.45, 2.75) is 33.0 Å². The molecule has 0 aliphatic carbocycles. The summed E-state index contributed by atoms with van der Waals surface area (Å²) in [5, 5.41) is 10.7. The predicted octanol–water partition coefficient (Wildman–Crippen LogP) is 4.86. The van der Waals surface area contributed by atoms with Gasteiger partial charge in [-0.1, -0.05) is 66.7 Å². The zero-order chi connectivity index (χ0) is 25.6. The van der Waals surface area contributed by atoms with E-state index in [1.807, 2.05) is 92.7 Å². The van der Waals surface area contributed by atoms with Gasteiger partial charge in [0, 0.05) is 12.2 Å².